The van der Waals surface area contributed by atoms with Gasteiger partial charge < -0.3 is 15.5 Å². The Bertz CT molecular complexity index is 349. The van der Waals surface area contributed by atoms with Crippen LogP contribution in [0.4, 0.5) is 0 Å². The van der Waals surface area contributed by atoms with E-state index in [9.17, 15) is 5.11 Å². The summed E-state index contributed by atoms with van der Waals surface area (Å²) in [6.07, 6.45) is 3.77. The van der Waals surface area contributed by atoms with Crippen LogP contribution in [0.15, 0.2) is 24.3 Å². The van der Waals surface area contributed by atoms with Gasteiger partial charge in [0, 0.05) is 13.2 Å². The molecule has 1 aromatic carbocycles. The molecule has 1 aromatic rings. The lowest BCUT2D eigenvalue weighted by molar-refractivity contribution is 0.174. The van der Waals surface area contributed by atoms with Crippen molar-refractivity contribution in [3.63, 3.8) is 0 Å². The molecular formula is C17H29NO2. The number of rotatable bonds is 10. The zero-order valence-electron chi connectivity index (χ0n) is 12.8. The van der Waals surface area contributed by atoms with E-state index in [0.717, 1.165) is 37.8 Å². The van der Waals surface area contributed by atoms with Crippen molar-refractivity contribution in [1.29, 1.82) is 0 Å². The standard InChI is InChI=1S/C17H29NO2/c1-14(2)15-7-9-16(10-8-15)17(20)13-18-11-5-3-4-6-12-19/h7-10,14,17-20H,3-6,11-13H2,1-2H3. The molecule has 3 heteroatoms. The topological polar surface area (TPSA) is 52.5 Å². The first-order chi connectivity index (χ1) is 9.65. The third-order valence-electron chi connectivity index (χ3n) is 3.59. The molecule has 3 N–H and O–H groups in total. The second-order valence-electron chi connectivity index (χ2n) is 5.68. The van der Waals surface area contributed by atoms with Crippen molar-refractivity contribution in [2.24, 2.45) is 0 Å². The van der Waals surface area contributed by atoms with Crippen LogP contribution in [-0.2, 0) is 0 Å². The predicted molar refractivity (Wildman–Crippen MR) is 83.9 cm³/mol. The van der Waals surface area contributed by atoms with Gasteiger partial charge in [-0.2, -0.15) is 0 Å². The average Bonchev–Trinajstić information content (AvgIpc) is 2.46. The van der Waals surface area contributed by atoms with Crippen molar-refractivity contribution in [1.82, 2.24) is 5.32 Å². The minimum Gasteiger partial charge on any atom is -0.396 e. The summed E-state index contributed by atoms with van der Waals surface area (Å²) >= 11 is 0. The molecule has 0 heterocycles. The predicted octanol–water partition coefficient (Wildman–Crippen LogP) is 2.99. The molecule has 0 aliphatic heterocycles. The summed E-state index contributed by atoms with van der Waals surface area (Å²) in [6, 6.07) is 8.22. The monoisotopic (exact) mass is 279 g/mol. The largest absolute Gasteiger partial charge is 0.396 e. The second kappa shape index (κ2) is 9.92. The minimum atomic E-state index is -0.436. The Labute approximate surface area is 123 Å². The molecule has 20 heavy (non-hydrogen) atoms. The Balaban J connectivity index is 2.20. The van der Waals surface area contributed by atoms with E-state index >= 15 is 0 Å². The van der Waals surface area contributed by atoms with E-state index in [4.69, 9.17) is 5.11 Å². The fraction of sp³-hybridized carbons (Fsp3) is 0.647. The Hall–Kier alpha value is -0.900. The molecule has 3 nitrogen and oxygen atoms in total. The third kappa shape index (κ3) is 6.51. The lowest BCUT2D eigenvalue weighted by Crippen LogP contribution is -2.22. The summed E-state index contributed by atoms with van der Waals surface area (Å²) in [4.78, 5) is 0. The number of aliphatic hydroxyl groups is 2. The molecule has 0 amide bonds. The fourth-order valence-corrected chi connectivity index (χ4v) is 2.18. The Kier molecular flexibility index (Phi) is 8.51. The van der Waals surface area contributed by atoms with Gasteiger partial charge in [-0.3, -0.25) is 0 Å². The van der Waals surface area contributed by atoms with E-state index in [0.29, 0.717) is 19.1 Å². The normalized spacial score (nSPS) is 12.8. The highest BCUT2D eigenvalue weighted by Crippen LogP contribution is 2.18. The first-order valence-electron chi connectivity index (χ1n) is 7.74. The summed E-state index contributed by atoms with van der Waals surface area (Å²) in [5.41, 5.74) is 2.28. The van der Waals surface area contributed by atoms with Crippen molar-refractivity contribution in [2.45, 2.75) is 51.6 Å². The van der Waals surface area contributed by atoms with Crippen LogP contribution in [0.1, 0.15) is 62.7 Å². The summed E-state index contributed by atoms with van der Waals surface area (Å²) in [5.74, 6) is 0.526. The molecule has 0 aromatic heterocycles. The van der Waals surface area contributed by atoms with Gasteiger partial charge in [0.2, 0.25) is 0 Å². The quantitative estimate of drug-likeness (QED) is 0.577. The molecule has 114 valence electrons. The molecule has 0 spiro atoms. The Morgan fingerprint density at radius 2 is 1.55 bits per heavy atom. The molecule has 1 rings (SSSR count). The number of unbranched alkanes of at least 4 members (excludes halogenated alkanes) is 3. The van der Waals surface area contributed by atoms with Gasteiger partial charge in [-0.1, -0.05) is 51.0 Å². The lowest BCUT2D eigenvalue weighted by atomic mass is 10.00. The van der Waals surface area contributed by atoms with Crippen LogP contribution in [0, 0.1) is 0 Å². The Morgan fingerprint density at radius 1 is 0.950 bits per heavy atom. The highest BCUT2D eigenvalue weighted by atomic mass is 16.3. The van der Waals surface area contributed by atoms with Crippen LogP contribution in [0.3, 0.4) is 0 Å². The number of hydrogen-bond donors (Lipinski definition) is 3. The molecule has 1 atom stereocenters. The molecule has 0 fully saturated rings. The van der Waals surface area contributed by atoms with E-state index in [1.807, 2.05) is 12.1 Å². The van der Waals surface area contributed by atoms with E-state index < -0.39 is 6.10 Å². The molecule has 0 bridgehead atoms. The van der Waals surface area contributed by atoms with Crippen molar-refractivity contribution in [2.75, 3.05) is 19.7 Å². The third-order valence-corrected chi connectivity index (χ3v) is 3.59. The summed E-state index contributed by atoms with van der Waals surface area (Å²) in [6.45, 7) is 6.15. The number of nitrogens with one attached hydrogen (secondary N) is 1. The zero-order chi connectivity index (χ0) is 14.8. The smallest absolute Gasteiger partial charge is 0.0914 e. The lowest BCUT2D eigenvalue weighted by Gasteiger charge is -2.13. The zero-order valence-corrected chi connectivity index (χ0v) is 12.8. The second-order valence-corrected chi connectivity index (χ2v) is 5.68. The van der Waals surface area contributed by atoms with Crippen LogP contribution in [-0.4, -0.2) is 29.9 Å². The SMILES string of the molecule is CC(C)c1ccc(C(O)CNCCCCCCO)cc1. The van der Waals surface area contributed by atoms with Gasteiger partial charge in [0.05, 0.1) is 6.10 Å². The summed E-state index contributed by atoms with van der Waals surface area (Å²) in [7, 11) is 0. The van der Waals surface area contributed by atoms with Crippen LogP contribution in [0.25, 0.3) is 0 Å². The van der Waals surface area contributed by atoms with Crippen LogP contribution in [0.2, 0.25) is 0 Å². The molecular weight excluding hydrogens is 250 g/mol. The molecule has 0 radical (unpaired) electrons. The molecule has 0 aliphatic rings. The van der Waals surface area contributed by atoms with Crippen LogP contribution >= 0.6 is 0 Å². The number of aliphatic hydroxyl groups excluding tert-OH is 2. The first-order valence-corrected chi connectivity index (χ1v) is 7.74. The van der Waals surface area contributed by atoms with E-state index in [-0.39, 0.29) is 0 Å². The Morgan fingerprint density at radius 3 is 2.15 bits per heavy atom. The number of hydrogen-bond acceptors (Lipinski definition) is 3. The summed E-state index contributed by atoms with van der Waals surface area (Å²) < 4.78 is 0. The average molecular weight is 279 g/mol. The molecule has 1 unspecified atom stereocenters. The maximum Gasteiger partial charge on any atom is 0.0914 e. The summed E-state index contributed by atoms with van der Waals surface area (Å²) in [5, 5.41) is 22.1. The van der Waals surface area contributed by atoms with Crippen molar-refractivity contribution in [3.8, 4) is 0 Å². The maximum atomic E-state index is 10.1. The van der Waals surface area contributed by atoms with E-state index in [1.165, 1.54) is 5.56 Å². The fourth-order valence-electron chi connectivity index (χ4n) is 2.18. The van der Waals surface area contributed by atoms with E-state index in [2.05, 4.69) is 31.3 Å². The van der Waals surface area contributed by atoms with Crippen LogP contribution < -0.4 is 5.32 Å². The number of benzene rings is 1. The first kappa shape index (κ1) is 17.2. The van der Waals surface area contributed by atoms with Gasteiger partial charge >= 0.3 is 0 Å². The van der Waals surface area contributed by atoms with Crippen molar-refractivity contribution in [3.05, 3.63) is 35.4 Å². The van der Waals surface area contributed by atoms with Crippen molar-refractivity contribution >= 4 is 0 Å². The van der Waals surface area contributed by atoms with Gasteiger partial charge in [-0.15, -0.1) is 0 Å². The van der Waals surface area contributed by atoms with Crippen molar-refractivity contribution < 1.29 is 10.2 Å². The van der Waals surface area contributed by atoms with Gasteiger partial charge in [0.1, 0.15) is 0 Å². The molecule has 0 saturated heterocycles. The van der Waals surface area contributed by atoms with Gasteiger partial charge in [-0.05, 0) is 36.4 Å². The van der Waals surface area contributed by atoms with Gasteiger partial charge in [-0.25, -0.2) is 0 Å². The van der Waals surface area contributed by atoms with Gasteiger partial charge in [0.25, 0.3) is 0 Å². The minimum absolute atomic E-state index is 0.290. The van der Waals surface area contributed by atoms with Crippen LogP contribution in [0.5, 0.6) is 0 Å². The van der Waals surface area contributed by atoms with E-state index in [1.54, 1.807) is 0 Å². The molecule has 0 saturated carbocycles. The molecule has 0 aliphatic carbocycles. The highest BCUT2D eigenvalue weighted by molar-refractivity contribution is 5.26. The highest BCUT2D eigenvalue weighted by Gasteiger charge is 2.07. The maximum absolute atomic E-state index is 10.1. The van der Waals surface area contributed by atoms with Gasteiger partial charge in [0.15, 0.2) is 0 Å².